The van der Waals surface area contributed by atoms with E-state index in [0.29, 0.717) is 12.6 Å². The standard InChI is InChI=1S/C17H24ClN3O/c18-14-3-1-2-13(10-14)11-17(12-19)6-4-15(5-7-17)21-9-8-20-16(21)22/h1-3,10,15H,4-9,11-12,19H2,(H,20,22). The van der Waals surface area contributed by atoms with Crippen molar-refractivity contribution >= 4 is 17.6 Å². The highest BCUT2D eigenvalue weighted by molar-refractivity contribution is 6.30. The molecule has 1 aliphatic carbocycles. The summed E-state index contributed by atoms with van der Waals surface area (Å²) in [6.45, 7) is 2.31. The first kappa shape index (κ1) is 15.6. The fourth-order valence-corrected chi connectivity index (χ4v) is 4.11. The van der Waals surface area contributed by atoms with Gasteiger partial charge in [-0.05, 0) is 61.8 Å². The van der Waals surface area contributed by atoms with Crippen molar-refractivity contribution in [2.75, 3.05) is 19.6 Å². The van der Waals surface area contributed by atoms with E-state index < -0.39 is 0 Å². The molecule has 0 aromatic heterocycles. The molecule has 1 aromatic rings. The zero-order chi connectivity index (χ0) is 15.6. The molecule has 1 aliphatic heterocycles. The number of amides is 2. The van der Waals surface area contributed by atoms with Gasteiger partial charge in [0.05, 0.1) is 0 Å². The summed E-state index contributed by atoms with van der Waals surface area (Å²) in [5, 5.41) is 3.68. The van der Waals surface area contributed by atoms with Crippen molar-refractivity contribution in [3.8, 4) is 0 Å². The van der Waals surface area contributed by atoms with Crippen LogP contribution in [0.15, 0.2) is 24.3 Å². The number of hydrogen-bond donors (Lipinski definition) is 2. The molecule has 22 heavy (non-hydrogen) atoms. The lowest BCUT2D eigenvalue weighted by molar-refractivity contribution is 0.118. The third-order valence-corrected chi connectivity index (χ3v) is 5.48. The summed E-state index contributed by atoms with van der Waals surface area (Å²) < 4.78 is 0. The summed E-state index contributed by atoms with van der Waals surface area (Å²) in [6, 6.07) is 8.55. The summed E-state index contributed by atoms with van der Waals surface area (Å²) in [5.41, 5.74) is 7.53. The number of halogens is 1. The topological polar surface area (TPSA) is 58.4 Å². The highest BCUT2D eigenvalue weighted by Crippen LogP contribution is 2.40. The second-order valence-electron chi connectivity index (χ2n) is 6.67. The van der Waals surface area contributed by atoms with Gasteiger partial charge in [-0.25, -0.2) is 4.79 Å². The Morgan fingerprint density at radius 2 is 2.14 bits per heavy atom. The van der Waals surface area contributed by atoms with Crippen LogP contribution < -0.4 is 11.1 Å². The lowest BCUT2D eigenvalue weighted by atomic mass is 9.69. The van der Waals surface area contributed by atoms with Gasteiger partial charge in [0.15, 0.2) is 0 Å². The molecule has 0 spiro atoms. The van der Waals surface area contributed by atoms with E-state index in [0.717, 1.165) is 50.2 Å². The van der Waals surface area contributed by atoms with Crippen molar-refractivity contribution in [2.24, 2.45) is 11.1 Å². The minimum Gasteiger partial charge on any atom is -0.336 e. The van der Waals surface area contributed by atoms with E-state index in [-0.39, 0.29) is 11.4 Å². The molecule has 3 N–H and O–H groups in total. The first-order chi connectivity index (χ1) is 10.6. The first-order valence-corrected chi connectivity index (χ1v) is 8.49. The van der Waals surface area contributed by atoms with Gasteiger partial charge in [0.1, 0.15) is 0 Å². The Morgan fingerprint density at radius 3 is 2.73 bits per heavy atom. The number of nitrogens with zero attached hydrogens (tertiary/aromatic N) is 1. The minimum absolute atomic E-state index is 0.0973. The van der Waals surface area contributed by atoms with Gasteiger partial charge in [-0.1, -0.05) is 23.7 Å². The number of carbonyl (C=O) groups excluding carboxylic acids is 1. The lowest BCUT2D eigenvalue weighted by Gasteiger charge is -2.42. The molecule has 120 valence electrons. The molecule has 3 rings (SSSR count). The number of rotatable bonds is 4. The highest BCUT2D eigenvalue weighted by Gasteiger charge is 2.38. The largest absolute Gasteiger partial charge is 0.336 e. The maximum atomic E-state index is 11.8. The second-order valence-corrected chi connectivity index (χ2v) is 7.10. The molecule has 0 radical (unpaired) electrons. The molecule has 1 heterocycles. The Labute approximate surface area is 137 Å². The maximum Gasteiger partial charge on any atom is 0.317 e. The second kappa shape index (κ2) is 6.47. The SMILES string of the molecule is NCC1(Cc2cccc(Cl)c2)CCC(N2CCNC2=O)CC1. The van der Waals surface area contributed by atoms with Crippen LogP contribution in [0, 0.1) is 5.41 Å². The fraction of sp³-hybridized carbons (Fsp3) is 0.588. The molecular weight excluding hydrogens is 298 g/mol. The minimum atomic E-state index is 0.0973. The molecular formula is C17H24ClN3O. The Hall–Kier alpha value is -1.26. The van der Waals surface area contributed by atoms with Gasteiger partial charge >= 0.3 is 6.03 Å². The van der Waals surface area contributed by atoms with Gasteiger partial charge in [0.25, 0.3) is 0 Å². The van der Waals surface area contributed by atoms with Crippen LogP contribution in [-0.4, -0.2) is 36.6 Å². The van der Waals surface area contributed by atoms with E-state index in [9.17, 15) is 4.79 Å². The van der Waals surface area contributed by atoms with Crippen molar-refractivity contribution in [2.45, 2.75) is 38.1 Å². The highest BCUT2D eigenvalue weighted by atomic mass is 35.5. The average Bonchev–Trinajstić information content (AvgIpc) is 2.94. The van der Waals surface area contributed by atoms with E-state index in [1.54, 1.807) is 0 Å². The van der Waals surface area contributed by atoms with Crippen LogP contribution in [0.3, 0.4) is 0 Å². The molecule has 1 aromatic carbocycles. The molecule has 1 saturated heterocycles. The maximum absolute atomic E-state index is 11.8. The number of nitrogens with two attached hydrogens (primary N) is 1. The van der Waals surface area contributed by atoms with Crippen molar-refractivity contribution in [1.82, 2.24) is 10.2 Å². The third kappa shape index (κ3) is 3.23. The molecule has 0 unspecified atom stereocenters. The van der Waals surface area contributed by atoms with Gasteiger partial charge < -0.3 is 16.0 Å². The summed E-state index contributed by atoms with van der Waals surface area (Å²) in [5.74, 6) is 0. The summed E-state index contributed by atoms with van der Waals surface area (Å²) in [6.07, 6.45) is 5.22. The smallest absolute Gasteiger partial charge is 0.317 e. The Kier molecular flexibility index (Phi) is 4.59. The Morgan fingerprint density at radius 1 is 1.36 bits per heavy atom. The summed E-state index contributed by atoms with van der Waals surface area (Å²) in [4.78, 5) is 13.8. The normalized spacial score (nSPS) is 28.7. The predicted octanol–water partition coefficient (Wildman–Crippen LogP) is 2.80. The molecule has 2 amide bonds. The molecule has 1 saturated carbocycles. The van der Waals surface area contributed by atoms with Gasteiger partial charge in [0.2, 0.25) is 0 Å². The van der Waals surface area contributed by atoms with E-state index in [4.69, 9.17) is 17.3 Å². The number of benzene rings is 1. The molecule has 0 bridgehead atoms. The zero-order valence-corrected chi connectivity index (χ0v) is 13.6. The van der Waals surface area contributed by atoms with Crippen LogP contribution >= 0.6 is 11.6 Å². The monoisotopic (exact) mass is 321 g/mol. The molecule has 2 fully saturated rings. The van der Waals surface area contributed by atoms with Crippen molar-refractivity contribution in [3.05, 3.63) is 34.9 Å². The summed E-state index contributed by atoms with van der Waals surface area (Å²) >= 11 is 6.09. The van der Waals surface area contributed by atoms with Crippen LogP contribution in [0.2, 0.25) is 5.02 Å². The molecule has 4 nitrogen and oxygen atoms in total. The van der Waals surface area contributed by atoms with Crippen LogP contribution in [0.1, 0.15) is 31.2 Å². The Bertz CT molecular complexity index is 540. The van der Waals surface area contributed by atoms with Crippen LogP contribution in [0.25, 0.3) is 0 Å². The van der Waals surface area contributed by atoms with E-state index in [2.05, 4.69) is 11.4 Å². The van der Waals surface area contributed by atoms with Gasteiger partial charge in [-0.3, -0.25) is 0 Å². The van der Waals surface area contributed by atoms with Crippen LogP contribution in [-0.2, 0) is 6.42 Å². The van der Waals surface area contributed by atoms with Crippen molar-refractivity contribution in [3.63, 3.8) is 0 Å². The third-order valence-electron chi connectivity index (χ3n) is 5.25. The van der Waals surface area contributed by atoms with E-state index >= 15 is 0 Å². The quantitative estimate of drug-likeness (QED) is 0.896. The predicted molar refractivity (Wildman–Crippen MR) is 89.0 cm³/mol. The van der Waals surface area contributed by atoms with E-state index in [1.807, 2.05) is 23.1 Å². The number of carbonyl (C=O) groups is 1. The van der Waals surface area contributed by atoms with Crippen LogP contribution in [0.5, 0.6) is 0 Å². The van der Waals surface area contributed by atoms with Gasteiger partial charge in [-0.15, -0.1) is 0 Å². The van der Waals surface area contributed by atoms with Gasteiger partial charge in [-0.2, -0.15) is 0 Å². The first-order valence-electron chi connectivity index (χ1n) is 8.11. The van der Waals surface area contributed by atoms with Crippen LogP contribution in [0.4, 0.5) is 4.79 Å². The average molecular weight is 322 g/mol. The zero-order valence-electron chi connectivity index (χ0n) is 12.9. The lowest BCUT2D eigenvalue weighted by Crippen LogP contribution is -2.45. The summed E-state index contributed by atoms with van der Waals surface area (Å²) in [7, 11) is 0. The molecule has 0 atom stereocenters. The van der Waals surface area contributed by atoms with Crippen molar-refractivity contribution in [1.29, 1.82) is 0 Å². The number of hydrogen-bond acceptors (Lipinski definition) is 2. The fourth-order valence-electron chi connectivity index (χ4n) is 3.89. The van der Waals surface area contributed by atoms with E-state index in [1.165, 1.54) is 5.56 Å². The van der Waals surface area contributed by atoms with Crippen molar-refractivity contribution < 1.29 is 4.79 Å². The molecule has 5 heteroatoms. The molecule has 2 aliphatic rings. The number of urea groups is 1. The van der Waals surface area contributed by atoms with Gasteiger partial charge in [0, 0.05) is 24.2 Å². The number of nitrogens with one attached hydrogen (secondary N) is 1. The Balaban J connectivity index is 1.65.